The van der Waals surface area contributed by atoms with Crippen LogP contribution >= 0.6 is 0 Å². The second kappa shape index (κ2) is 10.7. The van der Waals surface area contributed by atoms with Crippen LogP contribution < -0.4 is 5.32 Å². The van der Waals surface area contributed by atoms with Crippen molar-refractivity contribution in [2.24, 2.45) is 5.41 Å². The molecule has 0 saturated carbocycles. The number of nitrogens with one attached hydrogen (secondary N) is 1. The van der Waals surface area contributed by atoms with E-state index >= 15 is 0 Å². The van der Waals surface area contributed by atoms with Gasteiger partial charge in [0.25, 0.3) is 5.91 Å². The summed E-state index contributed by atoms with van der Waals surface area (Å²) in [5, 5.41) is 2.72. The molecule has 0 fully saturated rings. The van der Waals surface area contributed by atoms with Crippen molar-refractivity contribution in [1.29, 1.82) is 0 Å². The van der Waals surface area contributed by atoms with Gasteiger partial charge in [-0.05, 0) is 26.0 Å². The summed E-state index contributed by atoms with van der Waals surface area (Å²) in [6.45, 7) is 3.92. The van der Waals surface area contributed by atoms with Crippen LogP contribution in [0.15, 0.2) is 24.3 Å². The predicted molar refractivity (Wildman–Crippen MR) is 100 cm³/mol. The van der Waals surface area contributed by atoms with Crippen LogP contribution in [0.3, 0.4) is 0 Å². The Labute approximate surface area is 159 Å². The van der Waals surface area contributed by atoms with E-state index in [1.165, 1.54) is 14.2 Å². The highest BCUT2D eigenvalue weighted by atomic mass is 16.5. The standard InChI is InChI=1S/C21H23NO5/c1-5-7-14-21(19(24)26-3,20(25)27-4)15-10-12-16-11-8-9-13-17(16)18(23)22-6-2/h8-9,11,13H,6,14-15H2,1-4H3,(H,22,23). The van der Waals surface area contributed by atoms with E-state index in [2.05, 4.69) is 29.0 Å². The van der Waals surface area contributed by atoms with E-state index in [1.807, 2.05) is 6.92 Å². The molecular weight excluding hydrogens is 346 g/mol. The first-order chi connectivity index (χ1) is 13.0. The molecule has 1 N–H and O–H groups in total. The smallest absolute Gasteiger partial charge is 0.325 e. The lowest BCUT2D eigenvalue weighted by molar-refractivity contribution is -0.168. The summed E-state index contributed by atoms with van der Waals surface area (Å²) >= 11 is 0. The van der Waals surface area contributed by atoms with Crippen LogP contribution in [0, 0.1) is 29.1 Å². The lowest BCUT2D eigenvalue weighted by Gasteiger charge is -2.23. The van der Waals surface area contributed by atoms with Gasteiger partial charge in [-0.3, -0.25) is 14.4 Å². The molecule has 0 unspecified atom stereocenters. The van der Waals surface area contributed by atoms with Crippen LogP contribution in [0.5, 0.6) is 0 Å². The fourth-order valence-corrected chi connectivity index (χ4v) is 2.40. The van der Waals surface area contributed by atoms with Crippen LogP contribution in [0.25, 0.3) is 0 Å². The van der Waals surface area contributed by atoms with Gasteiger partial charge >= 0.3 is 11.9 Å². The Hall–Kier alpha value is -3.25. The molecule has 0 saturated heterocycles. The molecular formula is C21H23NO5. The zero-order chi connectivity index (χ0) is 20.3. The van der Waals surface area contributed by atoms with E-state index in [9.17, 15) is 14.4 Å². The molecule has 0 aliphatic carbocycles. The average Bonchev–Trinajstić information content (AvgIpc) is 2.69. The van der Waals surface area contributed by atoms with Crippen molar-refractivity contribution in [3.63, 3.8) is 0 Å². The van der Waals surface area contributed by atoms with Crippen molar-refractivity contribution in [2.75, 3.05) is 20.8 Å². The third-order valence-corrected chi connectivity index (χ3v) is 3.84. The summed E-state index contributed by atoms with van der Waals surface area (Å²) in [7, 11) is 2.38. The van der Waals surface area contributed by atoms with Gasteiger partial charge < -0.3 is 14.8 Å². The van der Waals surface area contributed by atoms with Gasteiger partial charge in [0.05, 0.1) is 19.8 Å². The van der Waals surface area contributed by atoms with Crippen LogP contribution in [0.4, 0.5) is 0 Å². The number of rotatable bonds is 6. The van der Waals surface area contributed by atoms with Crippen molar-refractivity contribution in [1.82, 2.24) is 5.32 Å². The largest absolute Gasteiger partial charge is 0.468 e. The topological polar surface area (TPSA) is 81.7 Å². The van der Waals surface area contributed by atoms with Gasteiger partial charge in [0, 0.05) is 24.9 Å². The number of esters is 2. The number of benzene rings is 1. The van der Waals surface area contributed by atoms with Crippen molar-refractivity contribution in [2.45, 2.75) is 26.7 Å². The summed E-state index contributed by atoms with van der Waals surface area (Å²) in [5.74, 6) is 9.31. The van der Waals surface area contributed by atoms with Crippen LogP contribution in [0.1, 0.15) is 42.6 Å². The van der Waals surface area contributed by atoms with Gasteiger partial charge in [-0.2, -0.15) is 0 Å². The molecule has 0 aliphatic heterocycles. The second-order valence-corrected chi connectivity index (χ2v) is 5.55. The molecule has 0 radical (unpaired) electrons. The van der Waals surface area contributed by atoms with Gasteiger partial charge in [-0.15, -0.1) is 11.8 Å². The second-order valence-electron chi connectivity index (χ2n) is 5.55. The molecule has 6 nitrogen and oxygen atoms in total. The SMILES string of the molecule is CC#CCC(CC#Cc1ccccc1C(=O)NCC)(C(=O)OC)C(=O)OC. The fourth-order valence-electron chi connectivity index (χ4n) is 2.40. The molecule has 0 atom stereocenters. The first kappa shape index (κ1) is 21.8. The summed E-state index contributed by atoms with van der Waals surface area (Å²) < 4.78 is 9.59. The van der Waals surface area contributed by atoms with Gasteiger partial charge in [0.15, 0.2) is 5.41 Å². The Bertz CT molecular complexity index is 804. The molecule has 0 aromatic heterocycles. The highest BCUT2D eigenvalue weighted by Crippen LogP contribution is 2.29. The molecule has 1 aromatic carbocycles. The minimum Gasteiger partial charge on any atom is -0.468 e. The van der Waals surface area contributed by atoms with E-state index in [0.29, 0.717) is 17.7 Å². The molecule has 27 heavy (non-hydrogen) atoms. The summed E-state index contributed by atoms with van der Waals surface area (Å²) in [6, 6.07) is 6.84. The number of carbonyl (C=O) groups is 3. The first-order valence-electron chi connectivity index (χ1n) is 8.39. The van der Waals surface area contributed by atoms with Crippen LogP contribution in [-0.2, 0) is 19.1 Å². The van der Waals surface area contributed by atoms with Crippen molar-refractivity contribution in [3.05, 3.63) is 35.4 Å². The maximum atomic E-state index is 12.3. The molecule has 0 heterocycles. The number of hydrogen-bond donors (Lipinski definition) is 1. The summed E-state index contributed by atoms with van der Waals surface area (Å²) in [6.07, 6.45) is -0.222. The van der Waals surface area contributed by atoms with Gasteiger partial charge in [-0.1, -0.05) is 24.0 Å². The Morgan fingerprint density at radius 2 is 1.63 bits per heavy atom. The number of ether oxygens (including phenoxy) is 2. The van der Waals surface area contributed by atoms with Crippen LogP contribution in [0.2, 0.25) is 0 Å². The number of hydrogen-bond acceptors (Lipinski definition) is 5. The van der Waals surface area contributed by atoms with Crippen molar-refractivity contribution in [3.8, 4) is 23.7 Å². The molecule has 1 rings (SSSR count). The molecule has 0 aliphatic rings. The van der Waals surface area contributed by atoms with E-state index in [4.69, 9.17) is 9.47 Å². The fraction of sp³-hybridized carbons (Fsp3) is 0.381. The number of carbonyl (C=O) groups excluding carboxylic acids is 3. The molecule has 1 amide bonds. The summed E-state index contributed by atoms with van der Waals surface area (Å²) in [5.41, 5.74) is -0.726. The lowest BCUT2D eigenvalue weighted by atomic mass is 9.81. The molecule has 1 aromatic rings. The lowest BCUT2D eigenvalue weighted by Crippen LogP contribution is -2.40. The third-order valence-electron chi connectivity index (χ3n) is 3.84. The Morgan fingerprint density at radius 3 is 2.19 bits per heavy atom. The highest BCUT2D eigenvalue weighted by Gasteiger charge is 2.47. The monoisotopic (exact) mass is 369 g/mol. The van der Waals surface area contributed by atoms with E-state index in [1.54, 1.807) is 31.2 Å². The third kappa shape index (κ3) is 5.36. The molecule has 0 spiro atoms. The van der Waals surface area contributed by atoms with Crippen molar-refractivity contribution < 1.29 is 23.9 Å². The maximum absolute atomic E-state index is 12.3. The molecule has 6 heteroatoms. The van der Waals surface area contributed by atoms with Gasteiger partial charge in [0.1, 0.15) is 0 Å². The quantitative estimate of drug-likeness (QED) is 0.471. The van der Waals surface area contributed by atoms with Crippen LogP contribution in [-0.4, -0.2) is 38.6 Å². The Kier molecular flexibility index (Phi) is 8.62. The van der Waals surface area contributed by atoms with Gasteiger partial charge in [-0.25, -0.2) is 0 Å². The van der Waals surface area contributed by atoms with Crippen molar-refractivity contribution >= 4 is 17.8 Å². The van der Waals surface area contributed by atoms with Gasteiger partial charge in [0.2, 0.25) is 0 Å². The maximum Gasteiger partial charge on any atom is 0.325 e. The first-order valence-corrected chi connectivity index (χ1v) is 8.39. The molecule has 142 valence electrons. The Morgan fingerprint density at radius 1 is 1.04 bits per heavy atom. The number of amides is 1. The zero-order valence-corrected chi connectivity index (χ0v) is 16.0. The number of methoxy groups -OCH3 is 2. The average molecular weight is 369 g/mol. The predicted octanol–water partition coefficient (Wildman–Crippen LogP) is 1.92. The minimum absolute atomic E-state index is 0.0739. The van der Waals surface area contributed by atoms with E-state index < -0.39 is 17.4 Å². The molecule has 0 bridgehead atoms. The minimum atomic E-state index is -1.64. The van der Waals surface area contributed by atoms with E-state index in [0.717, 1.165) is 0 Å². The summed E-state index contributed by atoms with van der Waals surface area (Å²) in [4.78, 5) is 36.8. The highest BCUT2D eigenvalue weighted by molar-refractivity contribution is 6.01. The normalized spacial score (nSPS) is 9.78. The van der Waals surface area contributed by atoms with E-state index in [-0.39, 0.29) is 18.7 Å². The zero-order valence-electron chi connectivity index (χ0n) is 16.0. The Balaban J connectivity index is 3.28.